The zero-order valence-corrected chi connectivity index (χ0v) is 19.1. The van der Waals surface area contributed by atoms with Gasteiger partial charge in [0.05, 0.1) is 18.7 Å². The highest BCUT2D eigenvalue weighted by Crippen LogP contribution is 2.45. The van der Waals surface area contributed by atoms with Crippen molar-refractivity contribution >= 4 is 40.8 Å². The van der Waals surface area contributed by atoms with Gasteiger partial charge >= 0.3 is 12.1 Å². The van der Waals surface area contributed by atoms with Crippen molar-refractivity contribution in [1.29, 1.82) is 0 Å². The lowest BCUT2D eigenvalue weighted by molar-refractivity contribution is -0.139. The first-order valence-electron chi connectivity index (χ1n) is 10.3. The summed E-state index contributed by atoms with van der Waals surface area (Å²) in [5, 5.41) is 6.06. The Bertz CT molecular complexity index is 1160. The van der Waals surface area contributed by atoms with Crippen molar-refractivity contribution in [3.8, 4) is 0 Å². The van der Waals surface area contributed by atoms with Crippen molar-refractivity contribution in [2.45, 2.75) is 31.8 Å². The molecule has 0 aliphatic carbocycles. The van der Waals surface area contributed by atoms with Crippen LogP contribution in [0.15, 0.2) is 46.0 Å². The van der Waals surface area contributed by atoms with E-state index in [4.69, 9.17) is 26.1 Å². The largest absolute Gasteiger partial charge is 0.463 e. The highest BCUT2D eigenvalue weighted by molar-refractivity contribution is 7.11. The second-order valence-electron chi connectivity index (χ2n) is 8.04. The van der Waals surface area contributed by atoms with Crippen LogP contribution >= 0.6 is 22.9 Å². The summed E-state index contributed by atoms with van der Waals surface area (Å²) in [6, 6.07) is 5.05. The summed E-state index contributed by atoms with van der Waals surface area (Å²) in [6.45, 7) is 4.59. The molecule has 10 heteroatoms. The lowest BCUT2D eigenvalue weighted by atomic mass is 9.92. The molecule has 0 bridgehead atoms. The predicted molar refractivity (Wildman–Crippen MR) is 120 cm³/mol. The number of cyclic esters (lactones) is 1. The first kappa shape index (κ1) is 21.0. The van der Waals surface area contributed by atoms with E-state index < -0.39 is 23.6 Å². The van der Waals surface area contributed by atoms with Crippen LogP contribution in [0.4, 0.5) is 4.79 Å². The number of hydrogen-bond donors (Lipinski definition) is 1. The quantitative estimate of drug-likeness (QED) is 0.683. The Kier molecular flexibility index (Phi) is 5.17. The Morgan fingerprint density at radius 2 is 2.31 bits per heavy atom. The Balaban J connectivity index is 1.70. The standard InChI is InChI=1S/C22H21ClN4O4S/c1-3-30-20(28)16-15-9-22(11-31-21(29)26-22)10-27(15)18(19-24-6-7-32-19)25-17(16)13-5-4-12(2)8-14(13)23/h4-8,17H,3,9-11H2,1-2H3,(H,26,29)/t17-,22-/m0/s1. The minimum absolute atomic E-state index is 0.211. The van der Waals surface area contributed by atoms with Gasteiger partial charge in [0, 0.05) is 34.3 Å². The molecule has 2 saturated heterocycles. The van der Waals surface area contributed by atoms with E-state index in [1.807, 2.05) is 35.4 Å². The number of nitrogens with one attached hydrogen (secondary N) is 1. The van der Waals surface area contributed by atoms with Crippen molar-refractivity contribution < 1.29 is 19.1 Å². The fraction of sp³-hybridized carbons (Fsp3) is 0.364. The fourth-order valence-electron chi connectivity index (χ4n) is 4.42. The number of amidine groups is 1. The van der Waals surface area contributed by atoms with Crippen LogP contribution in [-0.4, -0.2) is 53.1 Å². The van der Waals surface area contributed by atoms with Crippen molar-refractivity contribution in [2.75, 3.05) is 19.8 Å². The highest BCUT2D eigenvalue weighted by Gasteiger charge is 2.52. The van der Waals surface area contributed by atoms with E-state index in [1.54, 1.807) is 13.1 Å². The normalized spacial score (nSPS) is 24.3. The highest BCUT2D eigenvalue weighted by atomic mass is 35.5. The second kappa shape index (κ2) is 7.90. The summed E-state index contributed by atoms with van der Waals surface area (Å²) in [5.41, 5.74) is 2.26. The lowest BCUT2D eigenvalue weighted by Crippen LogP contribution is -2.47. The zero-order chi connectivity index (χ0) is 22.5. The molecule has 8 nitrogen and oxygen atoms in total. The van der Waals surface area contributed by atoms with E-state index in [0.29, 0.717) is 35.0 Å². The van der Waals surface area contributed by atoms with Gasteiger partial charge in [-0.3, -0.25) is 4.99 Å². The summed E-state index contributed by atoms with van der Waals surface area (Å²) in [7, 11) is 0. The molecule has 1 N–H and O–H groups in total. The van der Waals surface area contributed by atoms with Crippen LogP contribution in [0.2, 0.25) is 5.02 Å². The van der Waals surface area contributed by atoms with E-state index in [2.05, 4.69) is 10.3 Å². The fourth-order valence-corrected chi connectivity index (χ4v) is 5.40. The Hall–Kier alpha value is -2.91. The van der Waals surface area contributed by atoms with Crippen LogP contribution in [0.25, 0.3) is 0 Å². The van der Waals surface area contributed by atoms with Crippen LogP contribution in [0.5, 0.6) is 0 Å². The third-order valence-corrected chi connectivity index (χ3v) is 6.90. The number of halogens is 1. The summed E-state index contributed by atoms with van der Waals surface area (Å²) in [6.07, 6.45) is 1.67. The summed E-state index contributed by atoms with van der Waals surface area (Å²) >= 11 is 8.08. The average molecular weight is 473 g/mol. The number of carbonyl (C=O) groups is 2. The van der Waals surface area contributed by atoms with Gasteiger partial charge in [-0.15, -0.1) is 11.3 Å². The van der Waals surface area contributed by atoms with Gasteiger partial charge in [0.1, 0.15) is 18.2 Å². The van der Waals surface area contributed by atoms with Crippen molar-refractivity contribution in [1.82, 2.24) is 15.2 Å². The molecule has 5 rings (SSSR count). The Labute approximate surface area is 193 Å². The first-order chi connectivity index (χ1) is 15.4. The smallest absolute Gasteiger partial charge is 0.407 e. The molecule has 3 aliphatic heterocycles. The summed E-state index contributed by atoms with van der Waals surface area (Å²) < 4.78 is 10.7. The maximum absolute atomic E-state index is 13.2. The van der Waals surface area contributed by atoms with Gasteiger partial charge in [-0.05, 0) is 25.5 Å². The number of nitrogens with zero attached hydrogens (tertiary/aromatic N) is 3. The molecule has 32 heavy (non-hydrogen) atoms. The molecule has 1 amide bonds. The van der Waals surface area contributed by atoms with Crippen LogP contribution in [0, 0.1) is 6.92 Å². The second-order valence-corrected chi connectivity index (χ2v) is 9.34. The molecule has 4 heterocycles. The number of thiazole rings is 1. The number of alkyl carbamates (subject to hydrolysis) is 1. The third kappa shape index (κ3) is 3.45. The SMILES string of the molecule is CCOC(=O)C1=C2C[C@@]3(COC(=O)N3)CN2C(c2nccs2)=N[C@H]1c1ccc(C)cc1Cl. The summed E-state index contributed by atoms with van der Waals surface area (Å²) in [5.74, 6) is 0.195. The number of aryl methyl sites for hydroxylation is 1. The lowest BCUT2D eigenvalue weighted by Gasteiger charge is -2.32. The number of benzene rings is 1. The van der Waals surface area contributed by atoms with Gasteiger partial charge in [0.2, 0.25) is 0 Å². The van der Waals surface area contributed by atoms with Crippen molar-refractivity contribution in [3.05, 3.63) is 62.2 Å². The average Bonchev–Trinajstić information content (AvgIpc) is 3.47. The minimum Gasteiger partial charge on any atom is -0.463 e. The van der Waals surface area contributed by atoms with Gasteiger partial charge in [-0.25, -0.2) is 14.6 Å². The number of carbonyl (C=O) groups excluding carboxylic acids is 2. The van der Waals surface area contributed by atoms with Gasteiger partial charge < -0.3 is 19.7 Å². The van der Waals surface area contributed by atoms with Crippen LogP contribution in [-0.2, 0) is 14.3 Å². The number of aromatic nitrogens is 1. The first-order valence-corrected chi connectivity index (χ1v) is 11.5. The van der Waals surface area contributed by atoms with E-state index in [0.717, 1.165) is 16.3 Å². The molecular formula is C22H21ClN4O4S. The van der Waals surface area contributed by atoms with E-state index in [-0.39, 0.29) is 13.2 Å². The van der Waals surface area contributed by atoms with Gasteiger partial charge in [-0.1, -0.05) is 23.7 Å². The number of ether oxygens (including phenoxy) is 2. The third-order valence-electron chi connectivity index (χ3n) is 5.80. The van der Waals surface area contributed by atoms with Crippen LogP contribution in [0.3, 0.4) is 0 Å². The maximum Gasteiger partial charge on any atom is 0.407 e. The molecule has 2 atom stereocenters. The Morgan fingerprint density at radius 3 is 2.97 bits per heavy atom. The van der Waals surface area contributed by atoms with E-state index in [1.165, 1.54) is 11.3 Å². The molecule has 0 unspecified atom stereocenters. The van der Waals surface area contributed by atoms with Gasteiger partial charge in [0.25, 0.3) is 0 Å². The number of fused-ring (bicyclic) bond motifs is 1. The van der Waals surface area contributed by atoms with Crippen molar-refractivity contribution in [2.24, 2.45) is 4.99 Å². The monoisotopic (exact) mass is 472 g/mol. The van der Waals surface area contributed by atoms with Crippen LogP contribution < -0.4 is 5.32 Å². The van der Waals surface area contributed by atoms with Crippen molar-refractivity contribution in [3.63, 3.8) is 0 Å². The number of aliphatic imine (C=N–C) groups is 1. The molecular weight excluding hydrogens is 452 g/mol. The number of hydrogen-bond acceptors (Lipinski definition) is 8. The minimum atomic E-state index is -0.652. The molecule has 1 spiro atoms. The maximum atomic E-state index is 13.2. The molecule has 1 aromatic carbocycles. The topological polar surface area (TPSA) is 93.1 Å². The predicted octanol–water partition coefficient (Wildman–Crippen LogP) is 3.61. The molecule has 3 aliphatic rings. The van der Waals surface area contributed by atoms with Crippen LogP contribution in [0.1, 0.15) is 35.5 Å². The molecule has 2 fully saturated rings. The molecule has 0 radical (unpaired) electrons. The number of amides is 1. The molecule has 1 aromatic heterocycles. The number of esters is 1. The molecule has 166 valence electrons. The van der Waals surface area contributed by atoms with Gasteiger partial charge in [0.15, 0.2) is 10.8 Å². The molecule has 2 aromatic rings. The number of rotatable bonds is 4. The van der Waals surface area contributed by atoms with E-state index in [9.17, 15) is 9.59 Å². The van der Waals surface area contributed by atoms with Gasteiger partial charge in [-0.2, -0.15) is 0 Å². The molecule has 0 saturated carbocycles. The Morgan fingerprint density at radius 1 is 1.47 bits per heavy atom. The zero-order valence-electron chi connectivity index (χ0n) is 17.6. The van der Waals surface area contributed by atoms with E-state index >= 15 is 0 Å². The summed E-state index contributed by atoms with van der Waals surface area (Å²) in [4.78, 5) is 36.5.